The smallest absolute Gasteiger partial charge is 0.277 e. The Hall–Kier alpha value is -0.880. The van der Waals surface area contributed by atoms with Gasteiger partial charge in [0, 0.05) is 10.2 Å². The van der Waals surface area contributed by atoms with Crippen LogP contribution in [0.1, 0.15) is 20.3 Å². The molecule has 4 nitrogen and oxygen atoms in total. The zero-order valence-electron chi connectivity index (χ0n) is 10.2. The number of benzene rings is 1. The zero-order valence-corrected chi connectivity index (χ0v) is 13.3. The van der Waals surface area contributed by atoms with E-state index in [4.69, 9.17) is 4.74 Å². The van der Waals surface area contributed by atoms with Gasteiger partial charge in [-0.15, -0.1) is 0 Å². The van der Waals surface area contributed by atoms with E-state index in [-0.39, 0.29) is 12.5 Å². The first-order valence-electron chi connectivity index (χ1n) is 5.42. The minimum absolute atomic E-state index is 0.0687. The lowest BCUT2D eigenvalue weighted by Gasteiger charge is -2.07. The molecule has 1 rings (SSSR count). The van der Waals surface area contributed by atoms with Gasteiger partial charge in [-0.25, -0.2) is 5.43 Å². The summed E-state index contributed by atoms with van der Waals surface area (Å²) in [6.07, 6.45) is 0.805. The average Bonchev–Trinajstić information content (AvgIpc) is 2.34. The summed E-state index contributed by atoms with van der Waals surface area (Å²) in [5.41, 5.74) is 3.30. The van der Waals surface area contributed by atoms with Crippen LogP contribution in [0.2, 0.25) is 0 Å². The van der Waals surface area contributed by atoms with Crippen LogP contribution in [0.25, 0.3) is 0 Å². The summed E-state index contributed by atoms with van der Waals surface area (Å²) in [4.78, 5) is 11.4. The Bertz CT molecular complexity index is 461. The molecule has 0 heterocycles. The second kappa shape index (κ2) is 7.53. The maximum absolute atomic E-state index is 11.4. The van der Waals surface area contributed by atoms with Crippen LogP contribution in [-0.2, 0) is 4.79 Å². The molecule has 0 aromatic heterocycles. The minimum atomic E-state index is -0.280. The Balaban J connectivity index is 2.47. The van der Waals surface area contributed by atoms with Crippen molar-refractivity contribution in [1.29, 1.82) is 0 Å². The van der Waals surface area contributed by atoms with Gasteiger partial charge < -0.3 is 4.74 Å². The van der Waals surface area contributed by atoms with E-state index in [1.807, 2.05) is 26.0 Å². The summed E-state index contributed by atoms with van der Waals surface area (Å²) >= 11 is 6.70. The molecule has 6 heteroatoms. The van der Waals surface area contributed by atoms with Crippen molar-refractivity contribution in [2.75, 3.05) is 6.61 Å². The monoisotopic (exact) mass is 376 g/mol. The highest BCUT2D eigenvalue weighted by atomic mass is 79.9. The number of amides is 1. The second-order valence-electron chi connectivity index (χ2n) is 3.60. The molecular formula is C12H14Br2N2O2. The molecule has 18 heavy (non-hydrogen) atoms. The summed E-state index contributed by atoms with van der Waals surface area (Å²) in [5, 5.41) is 3.91. The van der Waals surface area contributed by atoms with Gasteiger partial charge >= 0.3 is 0 Å². The Kier molecular flexibility index (Phi) is 6.35. The largest absolute Gasteiger partial charge is 0.483 e. The maximum atomic E-state index is 11.4. The Morgan fingerprint density at radius 3 is 2.78 bits per heavy atom. The number of ether oxygens (including phenoxy) is 1. The van der Waals surface area contributed by atoms with E-state index >= 15 is 0 Å². The standard InChI is InChI=1S/C12H14Br2N2O2/c1-3-8(2)15-16-12(17)7-18-11-5-4-9(13)6-10(11)14/h4-6H,3,7H2,1-2H3,(H,16,17)/b15-8-. The highest BCUT2D eigenvalue weighted by Gasteiger charge is 2.05. The van der Waals surface area contributed by atoms with E-state index in [2.05, 4.69) is 42.4 Å². The molecular weight excluding hydrogens is 364 g/mol. The van der Waals surface area contributed by atoms with Gasteiger partial charge in [-0.1, -0.05) is 22.9 Å². The molecule has 0 saturated carbocycles. The van der Waals surface area contributed by atoms with Crippen molar-refractivity contribution in [3.05, 3.63) is 27.1 Å². The van der Waals surface area contributed by atoms with Crippen LogP contribution in [0.4, 0.5) is 0 Å². The predicted molar refractivity (Wildman–Crippen MR) is 78.9 cm³/mol. The van der Waals surface area contributed by atoms with E-state index in [1.165, 1.54) is 0 Å². The van der Waals surface area contributed by atoms with Crippen molar-refractivity contribution in [3.8, 4) is 5.75 Å². The van der Waals surface area contributed by atoms with Crippen molar-refractivity contribution >= 4 is 43.5 Å². The topological polar surface area (TPSA) is 50.7 Å². The third kappa shape index (κ3) is 5.18. The average molecular weight is 378 g/mol. The van der Waals surface area contributed by atoms with Crippen LogP contribution in [0.3, 0.4) is 0 Å². The van der Waals surface area contributed by atoms with Gasteiger partial charge in [0.1, 0.15) is 5.75 Å². The molecule has 0 fully saturated rings. The predicted octanol–water partition coefficient (Wildman–Crippen LogP) is 3.49. The molecule has 0 unspecified atom stereocenters. The molecule has 1 aromatic carbocycles. The van der Waals surface area contributed by atoms with Crippen molar-refractivity contribution < 1.29 is 9.53 Å². The fraction of sp³-hybridized carbons (Fsp3) is 0.333. The third-order valence-electron chi connectivity index (χ3n) is 2.14. The number of nitrogens with zero attached hydrogens (tertiary/aromatic N) is 1. The zero-order chi connectivity index (χ0) is 13.5. The van der Waals surface area contributed by atoms with Crippen LogP contribution >= 0.6 is 31.9 Å². The van der Waals surface area contributed by atoms with Crippen LogP contribution < -0.4 is 10.2 Å². The molecule has 0 spiro atoms. The van der Waals surface area contributed by atoms with Gasteiger partial charge in [0.05, 0.1) is 4.47 Å². The summed E-state index contributed by atoms with van der Waals surface area (Å²) in [6.45, 7) is 3.76. The van der Waals surface area contributed by atoms with Gasteiger partial charge in [-0.3, -0.25) is 4.79 Å². The fourth-order valence-corrected chi connectivity index (χ4v) is 2.17. The van der Waals surface area contributed by atoms with Gasteiger partial charge in [-0.05, 0) is 47.5 Å². The van der Waals surface area contributed by atoms with Crippen molar-refractivity contribution in [2.45, 2.75) is 20.3 Å². The normalized spacial score (nSPS) is 11.2. The number of rotatable bonds is 5. The first kappa shape index (κ1) is 15.2. The summed E-state index contributed by atoms with van der Waals surface area (Å²) in [6, 6.07) is 5.48. The molecule has 0 saturated heterocycles. The molecule has 0 aliphatic rings. The fourth-order valence-electron chi connectivity index (χ4n) is 1.00. The SMILES string of the molecule is CC/C(C)=N\NC(=O)COc1ccc(Br)cc1Br. The molecule has 0 atom stereocenters. The van der Waals surface area contributed by atoms with Gasteiger partial charge in [0.15, 0.2) is 6.61 Å². The summed E-state index contributed by atoms with van der Waals surface area (Å²) in [7, 11) is 0. The lowest BCUT2D eigenvalue weighted by molar-refractivity contribution is -0.123. The molecule has 98 valence electrons. The summed E-state index contributed by atoms with van der Waals surface area (Å²) < 4.78 is 7.10. The van der Waals surface area contributed by atoms with E-state index in [0.717, 1.165) is 21.1 Å². The van der Waals surface area contributed by atoms with Gasteiger partial charge in [0.25, 0.3) is 5.91 Å². The molecule has 0 radical (unpaired) electrons. The number of carbonyl (C=O) groups is 1. The number of hydrogen-bond acceptors (Lipinski definition) is 3. The first-order chi connectivity index (χ1) is 8.52. The highest BCUT2D eigenvalue weighted by molar-refractivity contribution is 9.11. The number of halogens is 2. The molecule has 1 aromatic rings. The highest BCUT2D eigenvalue weighted by Crippen LogP contribution is 2.27. The third-order valence-corrected chi connectivity index (χ3v) is 3.25. The molecule has 0 aliphatic carbocycles. The minimum Gasteiger partial charge on any atom is -0.483 e. The quantitative estimate of drug-likeness (QED) is 0.630. The lowest BCUT2D eigenvalue weighted by atomic mass is 10.3. The van der Waals surface area contributed by atoms with E-state index in [9.17, 15) is 4.79 Å². The van der Waals surface area contributed by atoms with E-state index < -0.39 is 0 Å². The van der Waals surface area contributed by atoms with E-state index in [1.54, 1.807) is 6.07 Å². The van der Waals surface area contributed by atoms with Crippen LogP contribution in [-0.4, -0.2) is 18.2 Å². The number of hydrazone groups is 1. The Morgan fingerprint density at radius 1 is 1.44 bits per heavy atom. The number of nitrogens with one attached hydrogen (secondary N) is 1. The molecule has 1 amide bonds. The second-order valence-corrected chi connectivity index (χ2v) is 5.37. The molecule has 0 aliphatic heterocycles. The molecule has 0 bridgehead atoms. The Morgan fingerprint density at radius 2 is 2.17 bits per heavy atom. The van der Waals surface area contributed by atoms with Crippen LogP contribution in [0.15, 0.2) is 32.2 Å². The van der Waals surface area contributed by atoms with E-state index in [0.29, 0.717) is 5.75 Å². The first-order valence-corrected chi connectivity index (χ1v) is 7.01. The summed E-state index contributed by atoms with van der Waals surface area (Å²) in [5.74, 6) is 0.335. The van der Waals surface area contributed by atoms with Crippen LogP contribution in [0.5, 0.6) is 5.75 Å². The van der Waals surface area contributed by atoms with Crippen molar-refractivity contribution in [1.82, 2.24) is 5.43 Å². The number of carbonyl (C=O) groups excluding carboxylic acids is 1. The van der Waals surface area contributed by atoms with Crippen LogP contribution in [0, 0.1) is 0 Å². The lowest BCUT2D eigenvalue weighted by Crippen LogP contribution is -2.25. The van der Waals surface area contributed by atoms with Crippen molar-refractivity contribution in [2.24, 2.45) is 5.10 Å². The molecule has 1 N–H and O–H groups in total. The maximum Gasteiger partial charge on any atom is 0.277 e. The van der Waals surface area contributed by atoms with Gasteiger partial charge in [0.2, 0.25) is 0 Å². The van der Waals surface area contributed by atoms with Gasteiger partial charge in [-0.2, -0.15) is 5.10 Å². The number of hydrogen-bond donors (Lipinski definition) is 1. The Labute approximate surface area is 123 Å². The van der Waals surface area contributed by atoms with Crippen molar-refractivity contribution in [3.63, 3.8) is 0 Å².